The van der Waals surface area contributed by atoms with Crippen LogP contribution in [0.1, 0.15) is 37.0 Å². The van der Waals surface area contributed by atoms with Gasteiger partial charge in [-0.15, -0.1) is 0 Å². The summed E-state index contributed by atoms with van der Waals surface area (Å²) in [6.45, 7) is 5.76. The molecule has 0 unspecified atom stereocenters. The van der Waals surface area contributed by atoms with Crippen LogP contribution in [0, 0.1) is 5.92 Å². The van der Waals surface area contributed by atoms with Gasteiger partial charge in [0.05, 0.1) is 6.54 Å². The van der Waals surface area contributed by atoms with Crippen molar-refractivity contribution < 1.29 is 9.59 Å². The summed E-state index contributed by atoms with van der Waals surface area (Å²) in [4.78, 5) is 36.2. The fourth-order valence-electron chi connectivity index (χ4n) is 4.95. The van der Waals surface area contributed by atoms with Crippen molar-refractivity contribution in [2.45, 2.75) is 39.7 Å². The smallest absolute Gasteiger partial charge is 0.242 e. The van der Waals surface area contributed by atoms with E-state index in [0.29, 0.717) is 26.1 Å². The monoisotopic (exact) mass is 538 g/mol. The van der Waals surface area contributed by atoms with E-state index in [1.54, 1.807) is 4.90 Å². The maximum Gasteiger partial charge on any atom is 0.242 e. The lowest BCUT2D eigenvalue weighted by molar-refractivity contribution is -0.141. The van der Waals surface area contributed by atoms with Crippen molar-refractivity contribution in [3.05, 3.63) is 102 Å². The summed E-state index contributed by atoms with van der Waals surface area (Å²) in [6.07, 6.45) is 3.93. The van der Waals surface area contributed by atoms with Gasteiger partial charge in [0.1, 0.15) is 0 Å². The Hall–Kier alpha value is -4.06. The van der Waals surface area contributed by atoms with Crippen LogP contribution in [0.2, 0.25) is 0 Å². The molecule has 0 atom stereocenters. The lowest BCUT2D eigenvalue weighted by atomic mass is 10.1. The van der Waals surface area contributed by atoms with Gasteiger partial charge in [-0.3, -0.25) is 9.59 Å². The second-order valence-corrected chi connectivity index (χ2v) is 11.1. The minimum atomic E-state index is -0.0262. The zero-order valence-electron chi connectivity index (χ0n) is 24.3. The summed E-state index contributed by atoms with van der Waals surface area (Å²) in [6, 6.07) is 26.7. The Balaban J connectivity index is 1.52. The third kappa shape index (κ3) is 7.98. The molecular weight excluding hydrogens is 496 g/mol. The first-order chi connectivity index (χ1) is 19.3. The standard InChI is InChI=1S/C34H42N4O2/c1-26(2)22-33(39)38(20-18-27-10-6-5-7-11-27)25-34(40)37(24-28-14-16-30(17-15-28)36(3)4)21-19-29-23-35-32-13-9-8-12-31(29)32/h5-17,23,26,35H,18-22,24-25H2,1-4H3. The minimum Gasteiger partial charge on any atom is -0.378 e. The molecule has 0 fully saturated rings. The molecule has 3 aromatic carbocycles. The average Bonchev–Trinajstić information content (AvgIpc) is 3.36. The second kappa shape index (κ2) is 13.8. The quantitative estimate of drug-likeness (QED) is 0.230. The second-order valence-electron chi connectivity index (χ2n) is 11.1. The lowest BCUT2D eigenvalue weighted by Crippen LogP contribution is -2.44. The number of aromatic amines is 1. The van der Waals surface area contributed by atoms with E-state index in [1.807, 2.05) is 69.4 Å². The number of carbonyl (C=O) groups excluding carboxylic acids is 2. The maximum atomic E-state index is 13.9. The van der Waals surface area contributed by atoms with Crippen LogP contribution in [0.15, 0.2) is 85.1 Å². The number of para-hydroxylation sites is 1. The molecule has 0 aliphatic heterocycles. The number of benzene rings is 3. The molecule has 1 N–H and O–H groups in total. The van der Waals surface area contributed by atoms with E-state index in [9.17, 15) is 9.59 Å². The largest absolute Gasteiger partial charge is 0.378 e. The molecule has 4 rings (SSSR count). The summed E-state index contributed by atoms with van der Waals surface area (Å²) in [5, 5.41) is 1.18. The van der Waals surface area contributed by atoms with Gasteiger partial charge >= 0.3 is 0 Å². The molecule has 0 spiro atoms. The van der Waals surface area contributed by atoms with Crippen molar-refractivity contribution in [2.24, 2.45) is 5.92 Å². The topological polar surface area (TPSA) is 59.7 Å². The van der Waals surface area contributed by atoms with Gasteiger partial charge in [-0.05, 0) is 53.6 Å². The Labute approximate surface area is 238 Å². The summed E-state index contributed by atoms with van der Waals surface area (Å²) in [7, 11) is 4.04. The highest BCUT2D eigenvalue weighted by atomic mass is 16.2. The number of hydrogen-bond acceptors (Lipinski definition) is 3. The Morgan fingerprint density at radius 3 is 2.12 bits per heavy atom. The van der Waals surface area contributed by atoms with Gasteiger partial charge in [-0.25, -0.2) is 0 Å². The number of hydrogen-bond donors (Lipinski definition) is 1. The molecule has 1 heterocycles. The number of H-pyrrole nitrogens is 1. The van der Waals surface area contributed by atoms with Crippen molar-refractivity contribution in [1.82, 2.24) is 14.8 Å². The molecule has 4 aromatic rings. The summed E-state index contributed by atoms with van der Waals surface area (Å²) < 4.78 is 0. The molecule has 0 saturated heterocycles. The average molecular weight is 539 g/mol. The molecule has 0 aliphatic carbocycles. The number of rotatable bonds is 13. The summed E-state index contributed by atoms with van der Waals surface area (Å²) >= 11 is 0. The number of nitrogens with zero attached hydrogens (tertiary/aromatic N) is 3. The SMILES string of the molecule is CC(C)CC(=O)N(CCc1ccccc1)CC(=O)N(CCc1c[nH]c2ccccc12)Cc1ccc(N(C)C)cc1. The minimum absolute atomic E-state index is 0.0262. The fourth-order valence-corrected chi connectivity index (χ4v) is 4.95. The number of carbonyl (C=O) groups is 2. The van der Waals surface area contributed by atoms with Crippen LogP contribution in [0.3, 0.4) is 0 Å². The summed E-state index contributed by atoms with van der Waals surface area (Å²) in [5.74, 6) is 0.239. The molecule has 0 saturated carbocycles. The fraction of sp³-hybridized carbons (Fsp3) is 0.353. The Bertz CT molecular complexity index is 1380. The number of aromatic nitrogens is 1. The van der Waals surface area contributed by atoms with Crippen molar-refractivity contribution in [3.63, 3.8) is 0 Å². The maximum absolute atomic E-state index is 13.9. The molecule has 210 valence electrons. The van der Waals surface area contributed by atoms with Crippen LogP contribution in [-0.4, -0.2) is 60.3 Å². The Morgan fingerprint density at radius 2 is 1.43 bits per heavy atom. The van der Waals surface area contributed by atoms with Crippen molar-refractivity contribution in [1.29, 1.82) is 0 Å². The lowest BCUT2D eigenvalue weighted by Gasteiger charge is -2.28. The Kier molecular flexibility index (Phi) is 10.0. The molecule has 0 aliphatic rings. The highest BCUT2D eigenvalue weighted by molar-refractivity contribution is 5.85. The van der Waals surface area contributed by atoms with E-state index in [1.165, 1.54) is 10.9 Å². The molecule has 0 radical (unpaired) electrons. The zero-order chi connectivity index (χ0) is 28.5. The van der Waals surface area contributed by atoms with Crippen LogP contribution in [0.4, 0.5) is 5.69 Å². The molecule has 0 bridgehead atoms. The first-order valence-corrected chi connectivity index (χ1v) is 14.2. The van der Waals surface area contributed by atoms with Crippen LogP contribution in [0.5, 0.6) is 0 Å². The van der Waals surface area contributed by atoms with Crippen molar-refractivity contribution in [2.75, 3.05) is 38.6 Å². The van der Waals surface area contributed by atoms with E-state index >= 15 is 0 Å². The van der Waals surface area contributed by atoms with Crippen LogP contribution >= 0.6 is 0 Å². The number of anilines is 1. The number of nitrogens with one attached hydrogen (secondary N) is 1. The van der Waals surface area contributed by atoms with Crippen LogP contribution in [0.25, 0.3) is 10.9 Å². The third-order valence-electron chi connectivity index (χ3n) is 7.28. The first-order valence-electron chi connectivity index (χ1n) is 14.2. The van der Waals surface area contributed by atoms with Gasteiger partial charge in [-0.2, -0.15) is 0 Å². The normalized spacial score (nSPS) is 11.1. The molecule has 1 aromatic heterocycles. The van der Waals surface area contributed by atoms with Gasteiger partial charge < -0.3 is 19.7 Å². The van der Waals surface area contributed by atoms with E-state index in [4.69, 9.17) is 0 Å². The van der Waals surface area contributed by atoms with Gasteiger partial charge in [0.15, 0.2) is 0 Å². The highest BCUT2D eigenvalue weighted by Gasteiger charge is 2.22. The molecule has 6 nitrogen and oxygen atoms in total. The summed E-state index contributed by atoms with van der Waals surface area (Å²) in [5.41, 5.74) is 5.64. The Morgan fingerprint density at radius 1 is 0.750 bits per heavy atom. The first kappa shape index (κ1) is 28.9. The predicted molar refractivity (Wildman–Crippen MR) is 164 cm³/mol. The van der Waals surface area contributed by atoms with E-state index < -0.39 is 0 Å². The van der Waals surface area contributed by atoms with Gasteiger partial charge in [0.25, 0.3) is 0 Å². The molecular formula is C34H42N4O2. The highest BCUT2D eigenvalue weighted by Crippen LogP contribution is 2.20. The van der Waals surface area contributed by atoms with Gasteiger partial charge in [-0.1, -0.05) is 74.5 Å². The van der Waals surface area contributed by atoms with Crippen LogP contribution < -0.4 is 4.90 Å². The van der Waals surface area contributed by atoms with Gasteiger partial charge in [0, 0.05) is 62.9 Å². The van der Waals surface area contributed by atoms with E-state index in [2.05, 4.69) is 58.4 Å². The zero-order valence-corrected chi connectivity index (χ0v) is 24.3. The third-order valence-corrected chi connectivity index (χ3v) is 7.28. The number of amides is 2. The van der Waals surface area contributed by atoms with Gasteiger partial charge in [0.2, 0.25) is 11.8 Å². The van der Waals surface area contributed by atoms with Crippen LogP contribution in [-0.2, 0) is 29.0 Å². The number of fused-ring (bicyclic) bond motifs is 1. The molecule has 2 amide bonds. The van der Waals surface area contributed by atoms with E-state index in [-0.39, 0.29) is 24.3 Å². The predicted octanol–water partition coefficient (Wildman–Crippen LogP) is 5.92. The molecule has 40 heavy (non-hydrogen) atoms. The van der Waals surface area contributed by atoms with E-state index in [0.717, 1.165) is 35.2 Å². The van der Waals surface area contributed by atoms with Crippen molar-refractivity contribution >= 4 is 28.4 Å². The van der Waals surface area contributed by atoms with Crippen molar-refractivity contribution in [3.8, 4) is 0 Å². The molecule has 6 heteroatoms.